The van der Waals surface area contributed by atoms with Gasteiger partial charge in [-0.25, -0.2) is 13.8 Å². The Morgan fingerprint density at radius 1 is 1.03 bits per heavy atom. The number of carbonyl (C=O) groups is 6. The number of piperidine rings is 1. The van der Waals surface area contributed by atoms with Crippen molar-refractivity contribution in [2.24, 2.45) is 0 Å². The zero-order valence-electron chi connectivity index (χ0n) is 31.9. The fourth-order valence-electron chi connectivity index (χ4n) is 7.65. The van der Waals surface area contributed by atoms with Crippen molar-refractivity contribution in [3.8, 4) is 16.9 Å². The molecule has 7 rings (SSSR count). The molecule has 3 aromatic carbocycles. The Morgan fingerprint density at radius 3 is 2.49 bits per heavy atom. The smallest absolute Gasteiger partial charge is 0.262 e. The lowest BCUT2D eigenvalue weighted by Crippen LogP contribution is -2.54. The van der Waals surface area contributed by atoms with E-state index in [1.807, 2.05) is 4.90 Å². The van der Waals surface area contributed by atoms with E-state index in [0.29, 0.717) is 56.9 Å². The number of carbonyl (C=O) groups excluding carboxylic acids is 6. The van der Waals surface area contributed by atoms with Crippen LogP contribution in [0.25, 0.3) is 22.0 Å². The van der Waals surface area contributed by atoms with Gasteiger partial charge in [-0.2, -0.15) is 4.98 Å². The average molecular weight is 829 g/mol. The Hall–Kier alpha value is -6.49. The molecule has 18 heteroatoms. The van der Waals surface area contributed by atoms with Crippen molar-refractivity contribution in [2.75, 3.05) is 56.5 Å². The van der Waals surface area contributed by atoms with Gasteiger partial charge in [0.1, 0.15) is 28.9 Å². The summed E-state index contributed by atoms with van der Waals surface area (Å²) < 4.78 is 31.4. The first-order chi connectivity index (χ1) is 28.3. The number of phenolic OH excluding ortho intramolecular Hbond substituents is 1. The standard InChI is InChI=1S/C41H39ClF2N8O7/c1-3-30(55)50-17-19-51(20-18-50)37-24-21-25(42)33(34-26(43)10-5-11-28(34)53)35(44)36(24)47-41(48-37)45-15-14-31(56)49(2)16-6-8-22-7-4-9-23-32(22)40(59)52(39(23)58)27-12-13-29(54)46-38(27)57/h3-5,7,9-11,21,27,53H,1,6,8,12-20H2,2H3,(H,45,47,48)(H,46,54,57). The maximum atomic E-state index is 16.5. The van der Waals surface area contributed by atoms with Crippen LogP contribution in [0.5, 0.6) is 5.75 Å². The molecule has 6 amide bonds. The summed E-state index contributed by atoms with van der Waals surface area (Å²) in [4.78, 5) is 91.2. The number of fused-ring (bicyclic) bond motifs is 2. The Bertz CT molecular complexity index is 2420. The predicted molar refractivity (Wildman–Crippen MR) is 213 cm³/mol. The number of hydrogen-bond donors (Lipinski definition) is 3. The second-order valence-electron chi connectivity index (χ2n) is 14.3. The number of aromatic hydroxyl groups is 1. The largest absolute Gasteiger partial charge is 0.507 e. The summed E-state index contributed by atoms with van der Waals surface area (Å²) in [6.45, 7) is 5.22. The minimum atomic E-state index is -1.08. The van der Waals surface area contributed by atoms with Gasteiger partial charge in [0.25, 0.3) is 11.8 Å². The number of rotatable bonds is 12. The predicted octanol–water partition coefficient (Wildman–Crippen LogP) is 4.06. The van der Waals surface area contributed by atoms with Crippen molar-refractivity contribution < 1.29 is 42.7 Å². The van der Waals surface area contributed by atoms with Gasteiger partial charge in [0, 0.05) is 70.1 Å². The van der Waals surface area contributed by atoms with Gasteiger partial charge in [-0.15, -0.1) is 0 Å². The van der Waals surface area contributed by atoms with Crippen LogP contribution in [0.2, 0.25) is 5.02 Å². The number of benzene rings is 3. The van der Waals surface area contributed by atoms with E-state index < -0.39 is 52.6 Å². The SMILES string of the molecule is C=CC(=O)N1CCN(c2nc(NCCC(=O)N(C)CCCc3cccc4c3C(=O)N(C3CCC(=O)NC3=O)C4=O)nc3c(F)c(-c4c(O)cccc4F)c(Cl)cc23)CC1. The van der Waals surface area contributed by atoms with E-state index in [2.05, 4.69) is 27.2 Å². The van der Waals surface area contributed by atoms with Crippen molar-refractivity contribution in [3.63, 3.8) is 0 Å². The monoisotopic (exact) mass is 828 g/mol. The lowest BCUT2D eigenvalue weighted by Gasteiger charge is -2.35. The molecular weight excluding hydrogens is 790 g/mol. The first-order valence-electron chi connectivity index (χ1n) is 18.9. The van der Waals surface area contributed by atoms with Gasteiger partial charge in [0.2, 0.25) is 29.6 Å². The van der Waals surface area contributed by atoms with Crippen LogP contribution in [0.4, 0.5) is 20.5 Å². The molecule has 0 radical (unpaired) electrons. The fraction of sp³-hybridized carbons (Fsp3) is 0.317. The van der Waals surface area contributed by atoms with Crippen molar-refractivity contribution >= 4 is 69.7 Å². The Balaban J connectivity index is 1.03. The number of amides is 6. The summed E-state index contributed by atoms with van der Waals surface area (Å²) >= 11 is 6.55. The zero-order valence-corrected chi connectivity index (χ0v) is 32.7. The van der Waals surface area contributed by atoms with E-state index in [9.17, 15) is 38.3 Å². The number of aryl methyl sites for hydroxylation is 1. The number of nitrogens with zero attached hydrogens (tertiary/aromatic N) is 6. The van der Waals surface area contributed by atoms with Crippen LogP contribution in [-0.2, 0) is 25.6 Å². The van der Waals surface area contributed by atoms with Crippen LogP contribution in [0.3, 0.4) is 0 Å². The fourth-order valence-corrected chi connectivity index (χ4v) is 7.94. The normalized spacial score (nSPS) is 16.7. The Kier molecular flexibility index (Phi) is 11.6. The summed E-state index contributed by atoms with van der Waals surface area (Å²) in [5, 5.41) is 15.7. The molecular formula is C41H39ClF2N8O7. The van der Waals surface area contributed by atoms with Gasteiger partial charge in [-0.1, -0.05) is 36.4 Å². The number of imide groups is 2. The number of halogens is 3. The molecule has 1 aromatic heterocycles. The molecule has 0 saturated carbocycles. The van der Waals surface area contributed by atoms with Crippen LogP contribution in [0.1, 0.15) is 52.0 Å². The number of piperazine rings is 1. The van der Waals surface area contributed by atoms with Crippen LogP contribution in [0.15, 0.2) is 55.1 Å². The first-order valence-corrected chi connectivity index (χ1v) is 19.3. The van der Waals surface area contributed by atoms with E-state index in [1.54, 1.807) is 24.1 Å². The van der Waals surface area contributed by atoms with Crippen molar-refractivity contribution in [1.82, 2.24) is 30.0 Å². The number of aromatic nitrogens is 2. The molecule has 0 aliphatic carbocycles. The molecule has 0 spiro atoms. The molecule has 0 bridgehead atoms. The summed E-state index contributed by atoms with van der Waals surface area (Å²) in [6, 6.07) is 8.80. The van der Waals surface area contributed by atoms with Crippen LogP contribution < -0.4 is 15.5 Å². The molecule has 3 aliphatic heterocycles. The van der Waals surface area contributed by atoms with Crippen molar-refractivity contribution in [1.29, 1.82) is 0 Å². The Labute approximate surface area is 341 Å². The molecule has 1 atom stereocenters. The van der Waals surface area contributed by atoms with Gasteiger partial charge in [-0.05, 0) is 55.2 Å². The van der Waals surface area contributed by atoms with E-state index in [1.165, 1.54) is 35.2 Å². The summed E-state index contributed by atoms with van der Waals surface area (Å²) in [7, 11) is 1.62. The second-order valence-corrected chi connectivity index (χ2v) is 14.8. The zero-order chi connectivity index (χ0) is 42.1. The maximum Gasteiger partial charge on any atom is 0.262 e. The Morgan fingerprint density at radius 2 is 1.78 bits per heavy atom. The molecule has 4 aromatic rings. The highest BCUT2D eigenvalue weighted by molar-refractivity contribution is 6.34. The summed E-state index contributed by atoms with van der Waals surface area (Å²) in [5.74, 6) is -4.95. The van der Waals surface area contributed by atoms with Crippen molar-refractivity contribution in [2.45, 2.75) is 38.1 Å². The highest BCUT2D eigenvalue weighted by atomic mass is 35.5. The molecule has 306 valence electrons. The maximum absolute atomic E-state index is 16.5. The van der Waals surface area contributed by atoms with Gasteiger partial charge < -0.3 is 25.1 Å². The third-order valence-electron chi connectivity index (χ3n) is 10.7. The van der Waals surface area contributed by atoms with E-state index in [-0.39, 0.29) is 76.2 Å². The highest BCUT2D eigenvalue weighted by Gasteiger charge is 2.45. The van der Waals surface area contributed by atoms with Gasteiger partial charge >= 0.3 is 0 Å². The molecule has 2 saturated heterocycles. The molecule has 3 aliphatic rings. The third-order valence-corrected chi connectivity index (χ3v) is 11.0. The minimum absolute atomic E-state index is 0.0122. The summed E-state index contributed by atoms with van der Waals surface area (Å²) in [6.07, 6.45) is 2.07. The molecule has 1 unspecified atom stereocenters. The average Bonchev–Trinajstić information content (AvgIpc) is 3.47. The summed E-state index contributed by atoms with van der Waals surface area (Å²) in [5.41, 5.74) is -0.0343. The third kappa shape index (κ3) is 7.89. The van der Waals surface area contributed by atoms with E-state index >= 15 is 4.39 Å². The second kappa shape index (κ2) is 16.8. The number of hydrogen-bond acceptors (Lipinski definition) is 11. The van der Waals surface area contributed by atoms with E-state index in [0.717, 1.165) is 11.0 Å². The number of phenols is 1. The number of anilines is 2. The lowest BCUT2D eigenvalue weighted by molar-refractivity contribution is -0.136. The first kappa shape index (κ1) is 40.7. The quantitative estimate of drug-likeness (QED) is 0.138. The molecule has 4 heterocycles. The number of nitrogens with one attached hydrogen (secondary N) is 2. The lowest BCUT2D eigenvalue weighted by atomic mass is 9.99. The topological polar surface area (TPSA) is 185 Å². The molecule has 15 nitrogen and oxygen atoms in total. The van der Waals surface area contributed by atoms with E-state index in [4.69, 9.17) is 11.6 Å². The van der Waals surface area contributed by atoms with Crippen LogP contribution in [-0.4, -0.2) is 118 Å². The molecule has 2 fully saturated rings. The molecule has 3 N–H and O–H groups in total. The molecule has 59 heavy (non-hydrogen) atoms. The van der Waals surface area contributed by atoms with Gasteiger partial charge in [0.05, 0.1) is 21.7 Å². The van der Waals surface area contributed by atoms with Crippen LogP contribution >= 0.6 is 11.6 Å². The highest BCUT2D eigenvalue weighted by Crippen LogP contribution is 2.42. The van der Waals surface area contributed by atoms with Crippen molar-refractivity contribution in [3.05, 3.63) is 88.5 Å². The van der Waals surface area contributed by atoms with Gasteiger partial charge in [0.15, 0.2) is 5.82 Å². The minimum Gasteiger partial charge on any atom is -0.507 e. The van der Waals surface area contributed by atoms with Gasteiger partial charge in [-0.3, -0.25) is 39.0 Å². The van der Waals surface area contributed by atoms with Crippen LogP contribution in [0, 0.1) is 11.6 Å².